The summed E-state index contributed by atoms with van der Waals surface area (Å²) < 4.78 is 18.8. The summed E-state index contributed by atoms with van der Waals surface area (Å²) in [4.78, 5) is 0. The van der Waals surface area contributed by atoms with Gasteiger partial charge < -0.3 is 9.84 Å². The Morgan fingerprint density at radius 3 is 2.56 bits per heavy atom. The SMILES string of the molecule is CC(O)c1ccc(Oc2ccccc2F)cc1Cl. The minimum atomic E-state index is -0.653. The zero-order valence-electron chi connectivity index (χ0n) is 9.73. The Labute approximate surface area is 110 Å². The van der Waals surface area contributed by atoms with Gasteiger partial charge in [-0.15, -0.1) is 0 Å². The number of rotatable bonds is 3. The Kier molecular flexibility index (Phi) is 3.84. The van der Waals surface area contributed by atoms with Crippen LogP contribution >= 0.6 is 11.6 Å². The summed E-state index contributed by atoms with van der Waals surface area (Å²) in [6.45, 7) is 1.62. The number of benzene rings is 2. The predicted octanol–water partition coefficient (Wildman–Crippen LogP) is 4.32. The van der Waals surface area contributed by atoms with E-state index in [2.05, 4.69) is 0 Å². The zero-order valence-corrected chi connectivity index (χ0v) is 10.5. The average molecular weight is 267 g/mol. The van der Waals surface area contributed by atoms with Crippen molar-refractivity contribution in [3.05, 3.63) is 58.9 Å². The van der Waals surface area contributed by atoms with E-state index in [-0.39, 0.29) is 5.75 Å². The fourth-order valence-corrected chi connectivity index (χ4v) is 1.89. The van der Waals surface area contributed by atoms with Crippen molar-refractivity contribution in [1.82, 2.24) is 0 Å². The summed E-state index contributed by atoms with van der Waals surface area (Å²) in [5.74, 6) is 0.126. The monoisotopic (exact) mass is 266 g/mol. The summed E-state index contributed by atoms with van der Waals surface area (Å²) in [7, 11) is 0. The van der Waals surface area contributed by atoms with Gasteiger partial charge in [0.2, 0.25) is 0 Å². The summed E-state index contributed by atoms with van der Waals surface area (Å²) in [6.07, 6.45) is -0.653. The summed E-state index contributed by atoms with van der Waals surface area (Å²) in [6, 6.07) is 11.0. The van der Waals surface area contributed by atoms with Crippen molar-refractivity contribution in [3.8, 4) is 11.5 Å². The molecule has 0 aliphatic carbocycles. The number of aliphatic hydroxyl groups is 1. The Morgan fingerprint density at radius 2 is 1.94 bits per heavy atom. The highest BCUT2D eigenvalue weighted by Gasteiger charge is 2.09. The molecule has 94 valence electrons. The molecule has 18 heavy (non-hydrogen) atoms. The third-order valence-electron chi connectivity index (χ3n) is 2.49. The van der Waals surface area contributed by atoms with Crippen LogP contribution in [0.25, 0.3) is 0 Å². The van der Waals surface area contributed by atoms with Crippen LogP contribution in [0.1, 0.15) is 18.6 Å². The van der Waals surface area contributed by atoms with Crippen molar-refractivity contribution in [2.24, 2.45) is 0 Å². The van der Waals surface area contributed by atoms with Crippen LogP contribution in [0.2, 0.25) is 5.02 Å². The molecular formula is C14H12ClFO2. The Hall–Kier alpha value is -1.58. The van der Waals surface area contributed by atoms with E-state index in [4.69, 9.17) is 16.3 Å². The molecular weight excluding hydrogens is 255 g/mol. The molecule has 0 radical (unpaired) electrons. The van der Waals surface area contributed by atoms with E-state index in [1.54, 1.807) is 37.3 Å². The van der Waals surface area contributed by atoms with Crippen LogP contribution in [0.3, 0.4) is 0 Å². The summed E-state index contributed by atoms with van der Waals surface area (Å²) in [5, 5.41) is 9.83. The number of hydrogen-bond donors (Lipinski definition) is 1. The van der Waals surface area contributed by atoms with Crippen LogP contribution in [0, 0.1) is 5.82 Å². The lowest BCUT2D eigenvalue weighted by Crippen LogP contribution is -1.93. The number of hydrogen-bond acceptors (Lipinski definition) is 2. The molecule has 2 rings (SSSR count). The first-order chi connectivity index (χ1) is 8.58. The maximum atomic E-state index is 13.4. The summed E-state index contributed by atoms with van der Waals surface area (Å²) in [5.41, 5.74) is 0.609. The second kappa shape index (κ2) is 5.38. The van der Waals surface area contributed by atoms with Crippen molar-refractivity contribution >= 4 is 11.6 Å². The molecule has 1 N–H and O–H groups in total. The van der Waals surface area contributed by atoms with Gasteiger partial charge in [0, 0.05) is 0 Å². The zero-order chi connectivity index (χ0) is 13.1. The number of aliphatic hydroxyl groups excluding tert-OH is 1. The molecule has 0 saturated heterocycles. The highest BCUT2D eigenvalue weighted by Crippen LogP contribution is 2.30. The van der Waals surface area contributed by atoms with Crippen molar-refractivity contribution in [3.63, 3.8) is 0 Å². The highest BCUT2D eigenvalue weighted by atomic mass is 35.5. The largest absolute Gasteiger partial charge is 0.454 e. The second-order valence-electron chi connectivity index (χ2n) is 3.89. The van der Waals surface area contributed by atoms with Gasteiger partial charge in [0.1, 0.15) is 5.75 Å². The molecule has 1 unspecified atom stereocenters. The third-order valence-corrected chi connectivity index (χ3v) is 2.81. The molecule has 2 nitrogen and oxygen atoms in total. The Morgan fingerprint density at radius 1 is 1.22 bits per heavy atom. The molecule has 0 spiro atoms. The summed E-state index contributed by atoms with van der Waals surface area (Å²) >= 11 is 6.00. The van der Waals surface area contributed by atoms with Gasteiger partial charge in [0.05, 0.1) is 11.1 Å². The normalized spacial score (nSPS) is 12.2. The molecule has 0 saturated carbocycles. The van der Waals surface area contributed by atoms with E-state index in [0.29, 0.717) is 16.3 Å². The Balaban J connectivity index is 2.26. The maximum absolute atomic E-state index is 13.4. The standard InChI is InChI=1S/C14H12ClFO2/c1-9(17)11-7-6-10(8-12(11)15)18-14-5-3-2-4-13(14)16/h2-9,17H,1H3. The lowest BCUT2D eigenvalue weighted by molar-refractivity contribution is 0.199. The van der Waals surface area contributed by atoms with Gasteiger partial charge in [-0.05, 0) is 36.8 Å². The van der Waals surface area contributed by atoms with Crippen molar-refractivity contribution in [2.75, 3.05) is 0 Å². The van der Waals surface area contributed by atoms with Crippen LogP contribution in [-0.4, -0.2) is 5.11 Å². The van der Waals surface area contributed by atoms with Gasteiger partial charge in [-0.1, -0.05) is 29.8 Å². The van der Waals surface area contributed by atoms with Gasteiger partial charge >= 0.3 is 0 Å². The molecule has 2 aromatic rings. The lowest BCUT2D eigenvalue weighted by Gasteiger charge is -2.10. The highest BCUT2D eigenvalue weighted by molar-refractivity contribution is 6.31. The van der Waals surface area contributed by atoms with Crippen molar-refractivity contribution < 1.29 is 14.2 Å². The van der Waals surface area contributed by atoms with Gasteiger partial charge in [0.15, 0.2) is 11.6 Å². The van der Waals surface area contributed by atoms with E-state index in [1.165, 1.54) is 12.1 Å². The average Bonchev–Trinajstić information content (AvgIpc) is 2.32. The molecule has 0 aromatic heterocycles. The quantitative estimate of drug-likeness (QED) is 0.896. The predicted molar refractivity (Wildman–Crippen MR) is 68.6 cm³/mol. The molecule has 0 aliphatic rings. The van der Waals surface area contributed by atoms with Crippen molar-refractivity contribution in [1.29, 1.82) is 0 Å². The molecule has 0 heterocycles. The fraction of sp³-hybridized carbons (Fsp3) is 0.143. The smallest absolute Gasteiger partial charge is 0.165 e. The number of halogens is 2. The van der Waals surface area contributed by atoms with Crippen LogP contribution in [0.5, 0.6) is 11.5 Å². The fourth-order valence-electron chi connectivity index (χ4n) is 1.56. The van der Waals surface area contributed by atoms with E-state index in [1.807, 2.05) is 0 Å². The van der Waals surface area contributed by atoms with E-state index in [0.717, 1.165) is 0 Å². The maximum Gasteiger partial charge on any atom is 0.165 e. The number of ether oxygens (including phenoxy) is 1. The second-order valence-corrected chi connectivity index (χ2v) is 4.30. The molecule has 2 aromatic carbocycles. The number of para-hydroxylation sites is 1. The Bertz CT molecular complexity index is 555. The van der Waals surface area contributed by atoms with Crippen LogP contribution in [0.4, 0.5) is 4.39 Å². The molecule has 0 aliphatic heterocycles. The van der Waals surface area contributed by atoms with E-state index >= 15 is 0 Å². The molecule has 4 heteroatoms. The first kappa shape index (κ1) is 12.9. The van der Waals surface area contributed by atoms with E-state index in [9.17, 15) is 9.50 Å². The van der Waals surface area contributed by atoms with Crippen LogP contribution in [-0.2, 0) is 0 Å². The third kappa shape index (κ3) is 2.81. The molecule has 0 bridgehead atoms. The van der Waals surface area contributed by atoms with Gasteiger partial charge in [-0.3, -0.25) is 0 Å². The molecule has 0 amide bonds. The lowest BCUT2D eigenvalue weighted by atomic mass is 10.1. The van der Waals surface area contributed by atoms with Crippen LogP contribution in [0.15, 0.2) is 42.5 Å². The molecule has 0 fully saturated rings. The first-order valence-electron chi connectivity index (χ1n) is 5.48. The van der Waals surface area contributed by atoms with E-state index < -0.39 is 11.9 Å². The van der Waals surface area contributed by atoms with Gasteiger partial charge in [0.25, 0.3) is 0 Å². The van der Waals surface area contributed by atoms with Crippen molar-refractivity contribution in [2.45, 2.75) is 13.0 Å². The molecule has 1 atom stereocenters. The topological polar surface area (TPSA) is 29.5 Å². The van der Waals surface area contributed by atoms with Gasteiger partial charge in [-0.2, -0.15) is 0 Å². The van der Waals surface area contributed by atoms with Gasteiger partial charge in [-0.25, -0.2) is 4.39 Å². The minimum Gasteiger partial charge on any atom is -0.454 e. The first-order valence-corrected chi connectivity index (χ1v) is 5.85. The van der Waals surface area contributed by atoms with Crippen LogP contribution < -0.4 is 4.74 Å². The minimum absolute atomic E-state index is 0.137.